The van der Waals surface area contributed by atoms with Crippen molar-refractivity contribution >= 4 is 34.3 Å². The molecule has 1 N–H and O–H groups in total. The SMILES string of the molecule is OCCc1csc(-c2ccsc2Cl)n1. The summed E-state index contributed by atoms with van der Waals surface area (Å²) in [6.07, 6.45) is 0.609. The molecule has 0 fully saturated rings. The second-order valence-electron chi connectivity index (χ2n) is 2.73. The van der Waals surface area contributed by atoms with E-state index >= 15 is 0 Å². The molecule has 14 heavy (non-hydrogen) atoms. The summed E-state index contributed by atoms with van der Waals surface area (Å²) >= 11 is 9.06. The highest BCUT2D eigenvalue weighted by atomic mass is 35.5. The highest BCUT2D eigenvalue weighted by Crippen LogP contribution is 2.34. The fourth-order valence-corrected chi connectivity index (χ4v) is 3.03. The van der Waals surface area contributed by atoms with Crippen LogP contribution in [0.2, 0.25) is 4.34 Å². The zero-order valence-corrected chi connectivity index (χ0v) is 9.62. The molecule has 0 radical (unpaired) electrons. The number of hydrogen-bond donors (Lipinski definition) is 1. The number of thiophene rings is 1. The van der Waals surface area contributed by atoms with Gasteiger partial charge in [0.05, 0.1) is 5.69 Å². The van der Waals surface area contributed by atoms with Gasteiger partial charge in [0.2, 0.25) is 0 Å². The summed E-state index contributed by atoms with van der Waals surface area (Å²) in [4.78, 5) is 4.38. The lowest BCUT2D eigenvalue weighted by molar-refractivity contribution is 0.298. The molecule has 2 rings (SSSR count). The number of hydrogen-bond acceptors (Lipinski definition) is 4. The summed E-state index contributed by atoms with van der Waals surface area (Å²) in [5, 5.41) is 13.6. The molecule has 0 amide bonds. The first-order valence-corrected chi connectivity index (χ1v) is 6.23. The van der Waals surface area contributed by atoms with Crippen LogP contribution in [0.5, 0.6) is 0 Å². The summed E-state index contributed by atoms with van der Waals surface area (Å²) in [5.41, 5.74) is 1.92. The Morgan fingerprint density at radius 3 is 2.93 bits per heavy atom. The topological polar surface area (TPSA) is 33.1 Å². The average Bonchev–Trinajstić information content (AvgIpc) is 2.74. The van der Waals surface area contributed by atoms with Gasteiger partial charge < -0.3 is 5.11 Å². The Bertz CT molecular complexity index is 424. The van der Waals surface area contributed by atoms with Gasteiger partial charge in [-0.3, -0.25) is 0 Å². The molecule has 0 atom stereocenters. The fourth-order valence-electron chi connectivity index (χ4n) is 1.11. The Morgan fingerprint density at radius 1 is 1.43 bits per heavy atom. The van der Waals surface area contributed by atoms with Gasteiger partial charge in [0.1, 0.15) is 9.34 Å². The van der Waals surface area contributed by atoms with E-state index in [1.165, 1.54) is 11.3 Å². The van der Waals surface area contributed by atoms with E-state index in [1.807, 2.05) is 16.8 Å². The highest BCUT2D eigenvalue weighted by Gasteiger charge is 2.08. The van der Waals surface area contributed by atoms with Gasteiger partial charge in [0.25, 0.3) is 0 Å². The average molecular weight is 246 g/mol. The number of thiazole rings is 1. The van der Waals surface area contributed by atoms with Gasteiger partial charge in [-0.05, 0) is 11.4 Å². The minimum atomic E-state index is 0.139. The summed E-state index contributed by atoms with van der Waals surface area (Å²) in [6.45, 7) is 0.139. The Hall–Kier alpha value is -0.420. The number of aliphatic hydroxyl groups is 1. The van der Waals surface area contributed by atoms with Crippen molar-refractivity contribution in [3.63, 3.8) is 0 Å². The maximum Gasteiger partial charge on any atom is 0.125 e. The van der Waals surface area contributed by atoms with E-state index in [9.17, 15) is 0 Å². The van der Waals surface area contributed by atoms with Crippen molar-refractivity contribution in [3.8, 4) is 10.6 Å². The molecule has 0 aliphatic heterocycles. The van der Waals surface area contributed by atoms with Crippen molar-refractivity contribution in [1.82, 2.24) is 4.98 Å². The molecule has 0 aliphatic rings. The first kappa shape index (κ1) is 10.1. The molecule has 2 nitrogen and oxygen atoms in total. The second-order valence-corrected chi connectivity index (χ2v) is 5.10. The maximum absolute atomic E-state index is 8.75. The van der Waals surface area contributed by atoms with Crippen LogP contribution in [0.25, 0.3) is 10.6 Å². The standard InChI is InChI=1S/C9H8ClNOS2/c10-8-7(2-4-13-8)9-11-6(1-3-12)5-14-9/h2,4-5,12H,1,3H2. The molecule has 0 unspecified atom stereocenters. The number of aliphatic hydroxyl groups excluding tert-OH is 1. The van der Waals surface area contributed by atoms with E-state index in [-0.39, 0.29) is 6.61 Å². The van der Waals surface area contributed by atoms with Crippen LogP contribution in [-0.4, -0.2) is 16.7 Å². The van der Waals surface area contributed by atoms with Crippen molar-refractivity contribution in [3.05, 3.63) is 26.9 Å². The molecule has 0 spiro atoms. The fraction of sp³-hybridized carbons (Fsp3) is 0.222. The monoisotopic (exact) mass is 245 g/mol. The van der Waals surface area contributed by atoms with E-state index in [1.54, 1.807) is 11.3 Å². The molecule has 2 aromatic heterocycles. The summed E-state index contributed by atoms with van der Waals surface area (Å²) in [7, 11) is 0. The van der Waals surface area contributed by atoms with E-state index in [4.69, 9.17) is 16.7 Å². The van der Waals surface area contributed by atoms with E-state index in [0.717, 1.165) is 20.6 Å². The number of aromatic nitrogens is 1. The molecule has 2 aromatic rings. The molecule has 2 heterocycles. The largest absolute Gasteiger partial charge is 0.396 e. The third kappa shape index (κ3) is 1.98. The summed E-state index contributed by atoms with van der Waals surface area (Å²) < 4.78 is 0.773. The summed E-state index contributed by atoms with van der Waals surface area (Å²) in [5.74, 6) is 0. The first-order valence-electron chi connectivity index (χ1n) is 4.10. The lowest BCUT2D eigenvalue weighted by Gasteiger charge is -1.91. The quantitative estimate of drug-likeness (QED) is 0.902. The van der Waals surface area contributed by atoms with E-state index in [2.05, 4.69) is 4.98 Å². The van der Waals surface area contributed by atoms with Crippen LogP contribution in [0.1, 0.15) is 5.69 Å². The van der Waals surface area contributed by atoms with Crippen molar-refractivity contribution in [2.24, 2.45) is 0 Å². The molecule has 0 bridgehead atoms. The third-order valence-electron chi connectivity index (χ3n) is 1.77. The Labute approximate surface area is 94.8 Å². The highest BCUT2D eigenvalue weighted by molar-refractivity contribution is 7.16. The van der Waals surface area contributed by atoms with E-state index < -0.39 is 0 Å². The predicted octanol–water partition coefficient (Wildman–Crippen LogP) is 3.06. The van der Waals surface area contributed by atoms with Gasteiger partial charge in [-0.2, -0.15) is 0 Å². The van der Waals surface area contributed by atoms with Crippen molar-refractivity contribution < 1.29 is 5.11 Å². The smallest absolute Gasteiger partial charge is 0.125 e. The van der Waals surface area contributed by atoms with Crippen LogP contribution in [0.4, 0.5) is 0 Å². The molecular weight excluding hydrogens is 238 g/mol. The minimum absolute atomic E-state index is 0.139. The van der Waals surface area contributed by atoms with Crippen molar-refractivity contribution in [2.45, 2.75) is 6.42 Å². The Balaban J connectivity index is 2.29. The number of nitrogens with zero attached hydrogens (tertiary/aromatic N) is 1. The Kier molecular flexibility index (Phi) is 3.18. The van der Waals surface area contributed by atoms with Crippen LogP contribution < -0.4 is 0 Å². The molecule has 0 saturated carbocycles. The molecule has 0 aliphatic carbocycles. The molecule has 0 aromatic carbocycles. The summed E-state index contributed by atoms with van der Waals surface area (Å²) in [6, 6.07) is 1.97. The van der Waals surface area contributed by atoms with Crippen LogP contribution >= 0.6 is 34.3 Å². The zero-order chi connectivity index (χ0) is 9.97. The molecule has 0 saturated heterocycles. The van der Waals surface area contributed by atoms with Gasteiger partial charge in [0.15, 0.2) is 0 Å². The second kappa shape index (κ2) is 4.40. The maximum atomic E-state index is 8.75. The molecular formula is C9H8ClNOS2. The third-order valence-corrected chi connectivity index (χ3v) is 3.86. The Morgan fingerprint density at radius 2 is 2.29 bits per heavy atom. The van der Waals surface area contributed by atoms with Crippen LogP contribution in [0, 0.1) is 0 Å². The number of halogens is 1. The lowest BCUT2D eigenvalue weighted by atomic mass is 10.3. The van der Waals surface area contributed by atoms with Crippen molar-refractivity contribution in [1.29, 1.82) is 0 Å². The first-order chi connectivity index (χ1) is 6.81. The van der Waals surface area contributed by atoms with Gasteiger partial charge in [-0.1, -0.05) is 11.6 Å². The van der Waals surface area contributed by atoms with Gasteiger partial charge in [-0.25, -0.2) is 4.98 Å². The predicted molar refractivity (Wildman–Crippen MR) is 61.2 cm³/mol. The van der Waals surface area contributed by atoms with Gasteiger partial charge >= 0.3 is 0 Å². The zero-order valence-electron chi connectivity index (χ0n) is 7.24. The van der Waals surface area contributed by atoms with Gasteiger partial charge in [-0.15, -0.1) is 22.7 Å². The van der Waals surface area contributed by atoms with Crippen molar-refractivity contribution in [2.75, 3.05) is 6.61 Å². The number of rotatable bonds is 3. The van der Waals surface area contributed by atoms with Crippen LogP contribution in [-0.2, 0) is 6.42 Å². The lowest BCUT2D eigenvalue weighted by Crippen LogP contribution is -1.89. The molecule has 5 heteroatoms. The minimum Gasteiger partial charge on any atom is -0.396 e. The van der Waals surface area contributed by atoms with Crippen LogP contribution in [0.15, 0.2) is 16.8 Å². The van der Waals surface area contributed by atoms with Gasteiger partial charge in [0, 0.05) is 24.0 Å². The molecule has 74 valence electrons. The normalized spacial score (nSPS) is 10.7. The van der Waals surface area contributed by atoms with Crippen LogP contribution in [0.3, 0.4) is 0 Å². The van der Waals surface area contributed by atoms with E-state index in [0.29, 0.717) is 6.42 Å².